The van der Waals surface area contributed by atoms with Crippen molar-refractivity contribution in [3.05, 3.63) is 59.7 Å². The molecule has 0 unspecified atom stereocenters. The van der Waals surface area contributed by atoms with Crippen molar-refractivity contribution in [1.82, 2.24) is 15.5 Å². The largest absolute Gasteiger partial charge is 0.416 e. The number of hydrogen-bond acceptors (Lipinski definition) is 4. The van der Waals surface area contributed by atoms with Crippen LogP contribution in [-0.2, 0) is 0 Å². The van der Waals surface area contributed by atoms with Gasteiger partial charge in [-0.05, 0) is 43.3 Å². The van der Waals surface area contributed by atoms with Gasteiger partial charge in [-0.25, -0.2) is 0 Å². The molecule has 22 heavy (non-hydrogen) atoms. The van der Waals surface area contributed by atoms with Crippen LogP contribution in [0.25, 0.3) is 22.9 Å². The molecule has 3 aromatic rings. The maximum Gasteiger partial charge on any atom is 0.251 e. The third-order valence-electron chi connectivity index (χ3n) is 3.31. The van der Waals surface area contributed by atoms with Gasteiger partial charge in [-0.1, -0.05) is 17.7 Å². The molecule has 0 saturated heterocycles. The number of benzene rings is 2. The van der Waals surface area contributed by atoms with E-state index in [4.69, 9.17) is 4.42 Å². The molecular formula is C17H15N3O2. The lowest BCUT2D eigenvalue weighted by Crippen LogP contribution is -2.17. The van der Waals surface area contributed by atoms with Crippen LogP contribution in [0.3, 0.4) is 0 Å². The third-order valence-corrected chi connectivity index (χ3v) is 3.31. The van der Waals surface area contributed by atoms with E-state index in [0.29, 0.717) is 17.3 Å². The van der Waals surface area contributed by atoms with Crippen molar-refractivity contribution >= 4 is 5.91 Å². The van der Waals surface area contributed by atoms with Gasteiger partial charge in [0.2, 0.25) is 11.8 Å². The summed E-state index contributed by atoms with van der Waals surface area (Å²) in [7, 11) is 1.60. The second kappa shape index (κ2) is 5.81. The average molecular weight is 293 g/mol. The van der Waals surface area contributed by atoms with E-state index in [9.17, 15) is 4.79 Å². The molecule has 1 heterocycles. The number of rotatable bonds is 3. The Kier molecular flexibility index (Phi) is 3.70. The number of carbonyl (C=O) groups excluding carboxylic acids is 1. The number of aryl methyl sites for hydroxylation is 1. The lowest BCUT2D eigenvalue weighted by Gasteiger charge is -2.00. The van der Waals surface area contributed by atoms with Crippen LogP contribution in [0.1, 0.15) is 15.9 Å². The summed E-state index contributed by atoms with van der Waals surface area (Å²) >= 11 is 0. The highest BCUT2D eigenvalue weighted by Gasteiger charge is 2.11. The molecule has 1 amide bonds. The number of amides is 1. The highest BCUT2D eigenvalue weighted by atomic mass is 16.4. The number of nitrogens with zero attached hydrogens (tertiary/aromatic N) is 2. The molecule has 110 valence electrons. The van der Waals surface area contributed by atoms with Gasteiger partial charge in [0.15, 0.2) is 0 Å². The lowest BCUT2D eigenvalue weighted by atomic mass is 10.1. The molecule has 0 spiro atoms. The molecule has 0 aliphatic heterocycles. The van der Waals surface area contributed by atoms with Gasteiger partial charge in [-0.15, -0.1) is 10.2 Å². The second-order valence-corrected chi connectivity index (χ2v) is 4.94. The molecular weight excluding hydrogens is 278 g/mol. The van der Waals surface area contributed by atoms with Crippen LogP contribution in [0.5, 0.6) is 0 Å². The third kappa shape index (κ3) is 2.74. The summed E-state index contributed by atoms with van der Waals surface area (Å²) < 4.78 is 5.71. The Morgan fingerprint density at radius 3 is 2.32 bits per heavy atom. The minimum absolute atomic E-state index is 0.127. The molecule has 0 aliphatic rings. The average Bonchev–Trinajstić information content (AvgIpc) is 3.04. The summed E-state index contributed by atoms with van der Waals surface area (Å²) in [6.07, 6.45) is 0. The minimum atomic E-state index is -0.127. The van der Waals surface area contributed by atoms with Crippen LogP contribution in [-0.4, -0.2) is 23.2 Å². The zero-order valence-corrected chi connectivity index (χ0v) is 12.3. The zero-order chi connectivity index (χ0) is 15.5. The fourth-order valence-electron chi connectivity index (χ4n) is 2.14. The summed E-state index contributed by atoms with van der Waals surface area (Å²) in [6.45, 7) is 2.01. The molecule has 5 heteroatoms. The molecule has 5 nitrogen and oxygen atoms in total. The standard InChI is InChI=1S/C17H15N3O2/c1-11-4-3-5-14(10-11)17-20-19-16(22-17)13-8-6-12(7-9-13)15(21)18-2/h3-10H,1-2H3,(H,18,21). The lowest BCUT2D eigenvalue weighted by molar-refractivity contribution is 0.0963. The van der Waals surface area contributed by atoms with Crippen molar-refractivity contribution in [2.24, 2.45) is 0 Å². The van der Waals surface area contributed by atoms with Crippen molar-refractivity contribution < 1.29 is 9.21 Å². The van der Waals surface area contributed by atoms with Gasteiger partial charge < -0.3 is 9.73 Å². The highest BCUT2D eigenvalue weighted by Crippen LogP contribution is 2.24. The number of aromatic nitrogens is 2. The van der Waals surface area contributed by atoms with Crippen molar-refractivity contribution in [2.75, 3.05) is 7.05 Å². The predicted octanol–water partition coefficient (Wildman–Crippen LogP) is 3.07. The molecule has 1 aromatic heterocycles. The summed E-state index contributed by atoms with van der Waals surface area (Å²) in [5.74, 6) is 0.784. The van der Waals surface area contributed by atoms with Gasteiger partial charge in [0.1, 0.15) is 0 Å². The van der Waals surface area contributed by atoms with Crippen LogP contribution < -0.4 is 5.32 Å². The van der Waals surface area contributed by atoms with E-state index in [1.54, 1.807) is 31.3 Å². The van der Waals surface area contributed by atoms with Crippen molar-refractivity contribution in [2.45, 2.75) is 6.92 Å². The second-order valence-electron chi connectivity index (χ2n) is 4.94. The van der Waals surface area contributed by atoms with E-state index >= 15 is 0 Å². The Morgan fingerprint density at radius 1 is 1.00 bits per heavy atom. The number of nitrogens with one attached hydrogen (secondary N) is 1. The van der Waals surface area contributed by atoms with Gasteiger partial charge in [0.25, 0.3) is 5.91 Å². The van der Waals surface area contributed by atoms with Crippen LogP contribution in [0.2, 0.25) is 0 Å². The summed E-state index contributed by atoms with van der Waals surface area (Å²) in [5.41, 5.74) is 3.39. The zero-order valence-electron chi connectivity index (χ0n) is 12.3. The first-order chi connectivity index (χ1) is 10.7. The van der Waals surface area contributed by atoms with Gasteiger partial charge >= 0.3 is 0 Å². The molecule has 0 fully saturated rings. The first-order valence-corrected chi connectivity index (χ1v) is 6.90. The Labute approximate surface area is 128 Å². The van der Waals surface area contributed by atoms with E-state index in [0.717, 1.165) is 16.7 Å². The minimum Gasteiger partial charge on any atom is -0.416 e. The van der Waals surface area contributed by atoms with Gasteiger partial charge in [-0.2, -0.15) is 0 Å². The van der Waals surface area contributed by atoms with E-state index in [1.165, 1.54) is 0 Å². The van der Waals surface area contributed by atoms with Crippen LogP contribution in [0, 0.1) is 6.92 Å². The van der Waals surface area contributed by atoms with Crippen molar-refractivity contribution in [3.63, 3.8) is 0 Å². The van der Waals surface area contributed by atoms with E-state index in [2.05, 4.69) is 15.5 Å². The quantitative estimate of drug-likeness (QED) is 0.805. The Bertz CT molecular complexity index is 807. The number of hydrogen-bond donors (Lipinski definition) is 1. The van der Waals surface area contributed by atoms with Crippen molar-refractivity contribution in [1.29, 1.82) is 0 Å². The molecule has 0 atom stereocenters. The van der Waals surface area contributed by atoms with Gasteiger partial charge in [0.05, 0.1) is 0 Å². The number of carbonyl (C=O) groups is 1. The maximum absolute atomic E-state index is 11.5. The fraction of sp³-hybridized carbons (Fsp3) is 0.118. The highest BCUT2D eigenvalue weighted by molar-refractivity contribution is 5.94. The maximum atomic E-state index is 11.5. The van der Waals surface area contributed by atoms with Crippen molar-refractivity contribution in [3.8, 4) is 22.9 Å². The SMILES string of the molecule is CNC(=O)c1ccc(-c2nnc(-c3cccc(C)c3)o2)cc1. The Morgan fingerprint density at radius 2 is 1.68 bits per heavy atom. The Hall–Kier alpha value is -2.95. The molecule has 0 radical (unpaired) electrons. The van der Waals surface area contributed by atoms with Gasteiger partial charge in [-0.3, -0.25) is 4.79 Å². The molecule has 0 saturated carbocycles. The summed E-state index contributed by atoms with van der Waals surface area (Å²) in [4.78, 5) is 11.5. The predicted molar refractivity (Wildman–Crippen MR) is 83.3 cm³/mol. The molecule has 0 bridgehead atoms. The van der Waals surface area contributed by atoms with E-state index < -0.39 is 0 Å². The first kappa shape index (κ1) is 14.0. The van der Waals surface area contributed by atoms with E-state index in [-0.39, 0.29) is 5.91 Å². The summed E-state index contributed by atoms with van der Waals surface area (Å²) in [6, 6.07) is 14.9. The van der Waals surface area contributed by atoms with Gasteiger partial charge in [0, 0.05) is 23.7 Å². The summed E-state index contributed by atoms with van der Waals surface area (Å²) in [5, 5.41) is 10.7. The Balaban J connectivity index is 1.89. The smallest absolute Gasteiger partial charge is 0.251 e. The van der Waals surface area contributed by atoms with Crippen LogP contribution in [0.15, 0.2) is 52.9 Å². The van der Waals surface area contributed by atoms with E-state index in [1.807, 2.05) is 31.2 Å². The molecule has 3 rings (SSSR count). The van der Waals surface area contributed by atoms with Crippen LogP contribution >= 0.6 is 0 Å². The fourth-order valence-corrected chi connectivity index (χ4v) is 2.14. The molecule has 2 aromatic carbocycles. The molecule has 0 aliphatic carbocycles. The monoisotopic (exact) mass is 293 g/mol. The topological polar surface area (TPSA) is 68.0 Å². The first-order valence-electron chi connectivity index (χ1n) is 6.90. The van der Waals surface area contributed by atoms with Crippen LogP contribution in [0.4, 0.5) is 0 Å². The molecule has 1 N–H and O–H groups in total. The normalized spacial score (nSPS) is 10.5.